The Hall–Kier alpha value is -2.98. The molecule has 1 aliphatic heterocycles. The number of sulfonamides is 1. The van der Waals surface area contributed by atoms with Crippen LogP contribution in [0.2, 0.25) is 0 Å². The highest BCUT2D eigenvalue weighted by Gasteiger charge is 2.49. The number of carboxylic acid groups (broad SMARTS) is 1. The Kier molecular flexibility index (Phi) is 8.52. The fraction of sp³-hybridized carbons (Fsp3) is 0.381. The minimum absolute atomic E-state index is 0.0467. The Morgan fingerprint density at radius 2 is 1.87 bits per heavy atom. The maximum absolute atomic E-state index is 13.0. The van der Waals surface area contributed by atoms with Crippen molar-refractivity contribution in [1.82, 2.24) is 15.0 Å². The van der Waals surface area contributed by atoms with Gasteiger partial charge in [0.2, 0.25) is 15.9 Å². The minimum atomic E-state index is -3.26. The lowest BCUT2D eigenvalue weighted by molar-refractivity contribution is -0.132. The van der Waals surface area contributed by atoms with E-state index in [1.165, 1.54) is 0 Å². The number of anilines is 1. The molecule has 0 radical (unpaired) electrons. The third kappa shape index (κ3) is 7.04. The van der Waals surface area contributed by atoms with E-state index in [-0.39, 0.29) is 25.5 Å². The van der Waals surface area contributed by atoms with Crippen molar-refractivity contribution in [3.8, 4) is 0 Å². The minimum Gasteiger partial charge on any atom is -0.483 e. The molecule has 10 heteroatoms. The number of hydrogen-bond donors (Lipinski definition) is 3. The Morgan fingerprint density at radius 1 is 1.23 bits per heavy atom. The lowest BCUT2D eigenvalue weighted by atomic mass is 9.73. The van der Waals surface area contributed by atoms with Crippen LogP contribution in [0.1, 0.15) is 11.1 Å². The molecule has 0 saturated carbocycles. The molecule has 1 aromatic carbocycles. The molecule has 0 spiro atoms. The summed E-state index contributed by atoms with van der Waals surface area (Å²) in [6.45, 7) is 3.42. The fourth-order valence-corrected chi connectivity index (χ4v) is 4.07. The molecule has 9 nitrogen and oxygen atoms in total. The van der Waals surface area contributed by atoms with Crippen LogP contribution in [0.4, 0.5) is 5.69 Å². The molecule has 0 bridgehead atoms. The SMILES string of the molecule is Cc1cnccc1N1CC(Cc2ccccc2)(C(=O)NCCNS(C)(=O)=O)C1.O=CO. The summed E-state index contributed by atoms with van der Waals surface area (Å²) in [6, 6.07) is 11.9. The molecular formula is C21H28N4O5S. The summed E-state index contributed by atoms with van der Waals surface area (Å²) in [5.41, 5.74) is 2.74. The van der Waals surface area contributed by atoms with Crippen LogP contribution in [0.15, 0.2) is 48.8 Å². The van der Waals surface area contributed by atoms with E-state index < -0.39 is 15.4 Å². The average Bonchev–Trinajstić information content (AvgIpc) is 2.69. The number of nitrogens with zero attached hydrogens (tertiary/aromatic N) is 2. The number of nitrogens with one attached hydrogen (secondary N) is 2. The van der Waals surface area contributed by atoms with Gasteiger partial charge in [-0.25, -0.2) is 13.1 Å². The van der Waals surface area contributed by atoms with Crippen molar-refractivity contribution in [3.05, 3.63) is 59.9 Å². The van der Waals surface area contributed by atoms with Gasteiger partial charge in [-0.2, -0.15) is 0 Å². The van der Waals surface area contributed by atoms with Gasteiger partial charge in [0.1, 0.15) is 0 Å². The fourth-order valence-electron chi connectivity index (χ4n) is 3.60. The molecule has 3 N–H and O–H groups in total. The lowest BCUT2D eigenvalue weighted by Gasteiger charge is -2.50. The summed E-state index contributed by atoms with van der Waals surface area (Å²) in [5, 5.41) is 9.79. The van der Waals surface area contributed by atoms with Crippen molar-refractivity contribution < 1.29 is 23.1 Å². The van der Waals surface area contributed by atoms with E-state index in [1.807, 2.05) is 49.5 Å². The Balaban J connectivity index is 0.00000107. The van der Waals surface area contributed by atoms with Crippen molar-refractivity contribution in [3.63, 3.8) is 0 Å². The molecule has 1 saturated heterocycles. The third-order valence-electron chi connectivity index (χ3n) is 4.96. The van der Waals surface area contributed by atoms with Gasteiger partial charge in [-0.15, -0.1) is 0 Å². The Bertz CT molecular complexity index is 976. The number of aryl methyl sites for hydroxylation is 1. The van der Waals surface area contributed by atoms with E-state index in [1.54, 1.807) is 6.20 Å². The average molecular weight is 449 g/mol. The van der Waals surface area contributed by atoms with Crippen LogP contribution in [-0.4, -0.2) is 63.3 Å². The normalized spacial score (nSPS) is 14.6. The van der Waals surface area contributed by atoms with Crippen LogP contribution in [-0.2, 0) is 26.0 Å². The number of amides is 1. The van der Waals surface area contributed by atoms with E-state index in [0.717, 1.165) is 23.1 Å². The summed E-state index contributed by atoms with van der Waals surface area (Å²) in [4.78, 5) is 27.7. The molecule has 0 unspecified atom stereocenters. The number of carbonyl (C=O) groups is 2. The summed E-state index contributed by atoms with van der Waals surface area (Å²) < 4.78 is 24.8. The van der Waals surface area contributed by atoms with Gasteiger partial charge in [-0.05, 0) is 30.5 Å². The maximum Gasteiger partial charge on any atom is 0.290 e. The van der Waals surface area contributed by atoms with E-state index >= 15 is 0 Å². The van der Waals surface area contributed by atoms with Gasteiger partial charge < -0.3 is 15.3 Å². The first-order chi connectivity index (χ1) is 14.7. The second-order valence-corrected chi connectivity index (χ2v) is 9.32. The van der Waals surface area contributed by atoms with Crippen molar-refractivity contribution >= 4 is 28.1 Å². The highest BCUT2D eigenvalue weighted by Crippen LogP contribution is 2.38. The molecule has 2 heterocycles. The van der Waals surface area contributed by atoms with E-state index in [2.05, 4.69) is 19.9 Å². The maximum atomic E-state index is 13.0. The summed E-state index contributed by atoms with van der Waals surface area (Å²) >= 11 is 0. The predicted molar refractivity (Wildman–Crippen MR) is 118 cm³/mol. The molecule has 1 aromatic heterocycles. The van der Waals surface area contributed by atoms with Gasteiger partial charge in [0.05, 0.1) is 11.7 Å². The summed E-state index contributed by atoms with van der Waals surface area (Å²) in [6.07, 6.45) is 5.33. The first kappa shape index (κ1) is 24.3. The van der Waals surface area contributed by atoms with Crippen LogP contribution in [0.25, 0.3) is 0 Å². The van der Waals surface area contributed by atoms with Gasteiger partial charge in [-0.1, -0.05) is 30.3 Å². The molecule has 0 atom stereocenters. The van der Waals surface area contributed by atoms with Crippen molar-refractivity contribution in [1.29, 1.82) is 0 Å². The van der Waals surface area contributed by atoms with E-state index in [4.69, 9.17) is 9.90 Å². The molecule has 3 rings (SSSR count). The zero-order valence-corrected chi connectivity index (χ0v) is 18.4. The van der Waals surface area contributed by atoms with Gasteiger partial charge in [0.25, 0.3) is 6.47 Å². The molecule has 31 heavy (non-hydrogen) atoms. The smallest absolute Gasteiger partial charge is 0.290 e. The molecule has 1 amide bonds. The number of pyridine rings is 1. The summed E-state index contributed by atoms with van der Waals surface area (Å²) in [7, 11) is -3.26. The molecular weight excluding hydrogens is 420 g/mol. The largest absolute Gasteiger partial charge is 0.483 e. The van der Waals surface area contributed by atoms with Gasteiger partial charge in [0, 0.05) is 44.3 Å². The van der Waals surface area contributed by atoms with Crippen LogP contribution in [0, 0.1) is 12.3 Å². The highest BCUT2D eigenvalue weighted by molar-refractivity contribution is 7.88. The first-order valence-electron chi connectivity index (χ1n) is 9.71. The third-order valence-corrected chi connectivity index (χ3v) is 5.69. The number of aromatic nitrogens is 1. The Morgan fingerprint density at radius 3 is 2.45 bits per heavy atom. The molecule has 2 aromatic rings. The molecule has 1 fully saturated rings. The second-order valence-electron chi connectivity index (χ2n) is 7.49. The molecule has 168 valence electrons. The van der Waals surface area contributed by atoms with Gasteiger partial charge >= 0.3 is 0 Å². The number of carbonyl (C=O) groups excluding carboxylic acids is 1. The first-order valence-corrected chi connectivity index (χ1v) is 11.6. The predicted octanol–water partition coefficient (Wildman–Crippen LogP) is 0.805. The standard InChI is InChI=1S/C20H26N4O3S.CH2O2/c1-16-13-21-9-8-18(16)24-14-20(15-24,12-17-6-4-3-5-7-17)19(25)22-10-11-23-28(2,26)27;2-1-3/h3-9,13,23H,10-12,14-15H2,1-2H3,(H,22,25);1H,(H,2,3). The topological polar surface area (TPSA) is 129 Å². The monoisotopic (exact) mass is 448 g/mol. The van der Waals surface area contributed by atoms with Crippen LogP contribution in [0.5, 0.6) is 0 Å². The number of rotatable bonds is 8. The summed E-state index contributed by atoms with van der Waals surface area (Å²) in [5.74, 6) is -0.0467. The zero-order chi connectivity index (χ0) is 22.9. The highest BCUT2D eigenvalue weighted by atomic mass is 32.2. The number of benzene rings is 1. The van der Waals surface area contributed by atoms with Crippen molar-refractivity contribution in [2.45, 2.75) is 13.3 Å². The molecule has 0 aliphatic carbocycles. The van der Waals surface area contributed by atoms with Gasteiger partial charge in [0.15, 0.2) is 0 Å². The van der Waals surface area contributed by atoms with Gasteiger partial charge in [-0.3, -0.25) is 14.6 Å². The van der Waals surface area contributed by atoms with E-state index in [9.17, 15) is 13.2 Å². The zero-order valence-electron chi connectivity index (χ0n) is 17.6. The van der Waals surface area contributed by atoms with E-state index in [0.29, 0.717) is 19.5 Å². The van der Waals surface area contributed by atoms with Crippen molar-refractivity contribution in [2.75, 3.05) is 37.3 Å². The lowest BCUT2D eigenvalue weighted by Crippen LogP contribution is -2.65. The second kappa shape index (κ2) is 10.9. The van der Waals surface area contributed by atoms with Crippen LogP contribution >= 0.6 is 0 Å². The van der Waals surface area contributed by atoms with Crippen LogP contribution < -0.4 is 14.9 Å². The quantitative estimate of drug-likeness (QED) is 0.402. The van der Waals surface area contributed by atoms with Crippen LogP contribution in [0.3, 0.4) is 0 Å². The Labute approximate surface area is 182 Å². The molecule has 1 aliphatic rings. The van der Waals surface area contributed by atoms with Crippen molar-refractivity contribution in [2.24, 2.45) is 5.41 Å². The number of hydrogen-bond acceptors (Lipinski definition) is 6.